The van der Waals surface area contributed by atoms with Crippen LogP contribution in [-0.2, 0) is 20.8 Å². The number of amides is 1. The van der Waals surface area contributed by atoms with E-state index in [1.54, 1.807) is 12.0 Å². The van der Waals surface area contributed by atoms with Gasteiger partial charge < -0.3 is 19.5 Å². The summed E-state index contributed by atoms with van der Waals surface area (Å²) in [5.74, 6) is -1.44. The van der Waals surface area contributed by atoms with Crippen LogP contribution >= 0.6 is 11.6 Å². The quantitative estimate of drug-likeness (QED) is 0.716. The standard InChI is InChI=1S/C19H20ClNO5/c1-25-10-9-21(12-14-5-3-2-4-6-14)18(23)13-26-19(24)16-8-7-15(20)11-17(16)22/h2-8,11,22H,9-10,12-13H2,1H3. The third-order valence-corrected chi connectivity index (χ3v) is 3.88. The first-order valence-electron chi connectivity index (χ1n) is 7.97. The van der Waals surface area contributed by atoms with Crippen molar-refractivity contribution in [2.24, 2.45) is 0 Å². The van der Waals surface area contributed by atoms with E-state index in [4.69, 9.17) is 21.1 Å². The molecule has 0 spiro atoms. The van der Waals surface area contributed by atoms with Crippen LogP contribution in [0.2, 0.25) is 5.02 Å². The molecule has 0 heterocycles. The van der Waals surface area contributed by atoms with Crippen molar-refractivity contribution in [3.8, 4) is 5.75 Å². The molecule has 7 heteroatoms. The Balaban J connectivity index is 1.98. The van der Waals surface area contributed by atoms with Crippen LogP contribution in [0.1, 0.15) is 15.9 Å². The smallest absolute Gasteiger partial charge is 0.342 e. The molecule has 138 valence electrons. The normalized spacial score (nSPS) is 10.4. The first kappa shape index (κ1) is 19.8. The molecular weight excluding hydrogens is 358 g/mol. The molecule has 0 fully saturated rings. The predicted octanol–water partition coefficient (Wildman–Crippen LogP) is 2.88. The van der Waals surface area contributed by atoms with Crippen LogP contribution in [0.3, 0.4) is 0 Å². The van der Waals surface area contributed by atoms with Gasteiger partial charge >= 0.3 is 5.97 Å². The maximum Gasteiger partial charge on any atom is 0.342 e. The number of esters is 1. The number of hydrogen-bond donors (Lipinski definition) is 1. The molecule has 0 atom stereocenters. The molecule has 0 unspecified atom stereocenters. The number of carbonyl (C=O) groups excluding carboxylic acids is 2. The van der Waals surface area contributed by atoms with Gasteiger partial charge in [-0.05, 0) is 23.8 Å². The van der Waals surface area contributed by atoms with Crippen molar-refractivity contribution >= 4 is 23.5 Å². The second kappa shape index (κ2) is 9.79. The fraction of sp³-hybridized carbons (Fsp3) is 0.263. The second-order valence-corrected chi connectivity index (χ2v) is 5.97. The summed E-state index contributed by atoms with van der Waals surface area (Å²) in [5.41, 5.74) is 0.910. The molecule has 2 rings (SSSR count). The Morgan fingerprint density at radius 3 is 2.54 bits per heavy atom. The lowest BCUT2D eigenvalue weighted by molar-refractivity contribution is -0.135. The summed E-state index contributed by atoms with van der Waals surface area (Å²) < 4.78 is 10.1. The van der Waals surface area contributed by atoms with Gasteiger partial charge in [0.2, 0.25) is 0 Å². The lowest BCUT2D eigenvalue weighted by Gasteiger charge is -2.22. The maximum atomic E-state index is 12.4. The van der Waals surface area contributed by atoms with Gasteiger partial charge in [0.05, 0.1) is 6.61 Å². The highest BCUT2D eigenvalue weighted by atomic mass is 35.5. The van der Waals surface area contributed by atoms with Gasteiger partial charge in [-0.15, -0.1) is 0 Å². The zero-order valence-electron chi connectivity index (χ0n) is 14.4. The molecule has 0 saturated heterocycles. The second-order valence-electron chi connectivity index (χ2n) is 5.53. The largest absolute Gasteiger partial charge is 0.507 e. The van der Waals surface area contributed by atoms with E-state index in [0.29, 0.717) is 24.7 Å². The minimum absolute atomic E-state index is 0.0475. The lowest BCUT2D eigenvalue weighted by Crippen LogP contribution is -2.36. The van der Waals surface area contributed by atoms with Crippen molar-refractivity contribution in [2.75, 3.05) is 26.9 Å². The van der Waals surface area contributed by atoms with E-state index in [2.05, 4.69) is 0 Å². The number of rotatable bonds is 8. The molecule has 1 N–H and O–H groups in total. The third kappa shape index (κ3) is 5.75. The van der Waals surface area contributed by atoms with Crippen molar-refractivity contribution in [1.29, 1.82) is 0 Å². The van der Waals surface area contributed by atoms with Crippen molar-refractivity contribution < 1.29 is 24.2 Å². The van der Waals surface area contributed by atoms with E-state index >= 15 is 0 Å². The highest BCUT2D eigenvalue weighted by Crippen LogP contribution is 2.22. The Morgan fingerprint density at radius 2 is 1.88 bits per heavy atom. The van der Waals surface area contributed by atoms with Crippen molar-refractivity contribution in [1.82, 2.24) is 4.90 Å². The summed E-state index contributed by atoms with van der Waals surface area (Å²) in [4.78, 5) is 26.0. The first-order chi connectivity index (χ1) is 12.5. The molecule has 0 aliphatic heterocycles. The molecule has 2 aromatic carbocycles. The van der Waals surface area contributed by atoms with E-state index in [9.17, 15) is 14.7 Å². The molecular formula is C19H20ClNO5. The maximum absolute atomic E-state index is 12.4. The Labute approximate surface area is 156 Å². The van der Waals surface area contributed by atoms with Crippen LogP contribution in [0, 0.1) is 0 Å². The zero-order chi connectivity index (χ0) is 18.9. The average Bonchev–Trinajstić information content (AvgIpc) is 2.63. The predicted molar refractivity (Wildman–Crippen MR) is 97.1 cm³/mol. The molecule has 0 aliphatic carbocycles. The highest BCUT2D eigenvalue weighted by molar-refractivity contribution is 6.30. The lowest BCUT2D eigenvalue weighted by atomic mass is 10.2. The fourth-order valence-corrected chi connectivity index (χ4v) is 2.44. The molecule has 0 aromatic heterocycles. The number of hydrogen-bond acceptors (Lipinski definition) is 5. The SMILES string of the molecule is COCCN(Cc1ccccc1)C(=O)COC(=O)c1ccc(Cl)cc1O. The number of halogens is 1. The van der Waals surface area contributed by atoms with Gasteiger partial charge in [-0.3, -0.25) is 4.79 Å². The fourth-order valence-electron chi connectivity index (χ4n) is 2.27. The van der Waals surface area contributed by atoms with Crippen LogP contribution in [-0.4, -0.2) is 48.8 Å². The molecule has 6 nitrogen and oxygen atoms in total. The summed E-state index contributed by atoms with van der Waals surface area (Å²) in [6, 6.07) is 13.5. The monoisotopic (exact) mass is 377 g/mol. The van der Waals surface area contributed by atoms with Crippen LogP contribution in [0.5, 0.6) is 5.75 Å². The molecule has 0 saturated carbocycles. The number of nitrogens with zero attached hydrogens (tertiary/aromatic N) is 1. The summed E-state index contributed by atoms with van der Waals surface area (Å²) in [6.45, 7) is 0.683. The first-order valence-corrected chi connectivity index (χ1v) is 8.35. The van der Waals surface area contributed by atoms with Gasteiger partial charge in [-0.2, -0.15) is 0 Å². The topological polar surface area (TPSA) is 76.1 Å². The number of benzene rings is 2. The summed E-state index contributed by atoms with van der Waals surface area (Å²) in [6.07, 6.45) is 0. The minimum atomic E-state index is -0.793. The number of phenolic OH excluding ortho intramolecular Hbond substituents is 1. The zero-order valence-corrected chi connectivity index (χ0v) is 15.1. The van der Waals surface area contributed by atoms with E-state index in [-0.39, 0.29) is 17.2 Å². The minimum Gasteiger partial charge on any atom is -0.507 e. The number of carbonyl (C=O) groups is 2. The molecule has 1 amide bonds. The van der Waals surface area contributed by atoms with E-state index in [0.717, 1.165) is 5.56 Å². The number of aromatic hydroxyl groups is 1. The molecule has 0 bridgehead atoms. The van der Waals surface area contributed by atoms with Crippen LogP contribution in [0.4, 0.5) is 0 Å². The molecule has 0 radical (unpaired) electrons. The highest BCUT2D eigenvalue weighted by Gasteiger charge is 2.18. The number of ether oxygens (including phenoxy) is 2. The van der Waals surface area contributed by atoms with E-state index in [1.807, 2.05) is 30.3 Å². The van der Waals surface area contributed by atoms with Gasteiger partial charge in [0.25, 0.3) is 5.91 Å². The van der Waals surface area contributed by atoms with Crippen LogP contribution < -0.4 is 0 Å². The van der Waals surface area contributed by atoms with E-state index in [1.165, 1.54) is 18.2 Å². The van der Waals surface area contributed by atoms with Crippen molar-refractivity contribution in [3.63, 3.8) is 0 Å². The summed E-state index contributed by atoms with van der Waals surface area (Å²) in [5, 5.41) is 10.0. The Bertz CT molecular complexity index is 751. The van der Waals surface area contributed by atoms with Crippen molar-refractivity contribution in [2.45, 2.75) is 6.54 Å². The molecule has 2 aromatic rings. The molecule has 0 aliphatic rings. The van der Waals surface area contributed by atoms with Crippen LogP contribution in [0.15, 0.2) is 48.5 Å². The number of phenols is 1. The summed E-state index contributed by atoms with van der Waals surface area (Å²) >= 11 is 5.73. The van der Waals surface area contributed by atoms with Gasteiger partial charge in [-0.25, -0.2) is 4.79 Å². The van der Waals surface area contributed by atoms with Gasteiger partial charge in [0.1, 0.15) is 11.3 Å². The average molecular weight is 378 g/mol. The van der Waals surface area contributed by atoms with Gasteiger partial charge in [0, 0.05) is 25.2 Å². The van der Waals surface area contributed by atoms with E-state index < -0.39 is 12.6 Å². The Kier molecular flexibility index (Phi) is 7.44. The summed E-state index contributed by atoms with van der Waals surface area (Å²) in [7, 11) is 1.55. The number of methoxy groups -OCH3 is 1. The van der Waals surface area contributed by atoms with Gasteiger partial charge in [0.15, 0.2) is 6.61 Å². The molecule has 26 heavy (non-hydrogen) atoms. The Morgan fingerprint density at radius 1 is 1.15 bits per heavy atom. The Hall–Kier alpha value is -2.57. The third-order valence-electron chi connectivity index (χ3n) is 3.64. The van der Waals surface area contributed by atoms with Crippen molar-refractivity contribution in [3.05, 3.63) is 64.7 Å². The van der Waals surface area contributed by atoms with Gasteiger partial charge in [-0.1, -0.05) is 41.9 Å². The van der Waals surface area contributed by atoms with Crippen LogP contribution in [0.25, 0.3) is 0 Å².